The fourth-order valence-corrected chi connectivity index (χ4v) is 3.83. The number of aryl methyl sites for hydroxylation is 1. The summed E-state index contributed by atoms with van der Waals surface area (Å²) >= 11 is 6.15. The smallest absolute Gasteiger partial charge is 0.290 e. The maximum atomic E-state index is 13.3. The van der Waals surface area contributed by atoms with Crippen molar-refractivity contribution in [3.63, 3.8) is 0 Å². The fraction of sp³-hybridized carbons (Fsp3) is 0.238. The van der Waals surface area contributed by atoms with E-state index in [1.54, 1.807) is 35.2 Å². The predicted molar refractivity (Wildman–Crippen MR) is 103 cm³/mol. The number of carbonyl (C=O) groups is 1. The Morgan fingerprint density at radius 3 is 2.74 bits per heavy atom. The van der Waals surface area contributed by atoms with Gasteiger partial charge in [0, 0.05) is 18.2 Å². The first-order valence-electron chi connectivity index (χ1n) is 8.76. The minimum Gasteiger partial charge on any atom is -0.450 e. The van der Waals surface area contributed by atoms with Crippen LogP contribution in [0.25, 0.3) is 11.0 Å². The van der Waals surface area contributed by atoms with Gasteiger partial charge in [-0.2, -0.15) is 0 Å². The topological polar surface area (TPSA) is 70.8 Å². The minimum absolute atomic E-state index is 0.0507. The molecule has 1 aromatic heterocycles. The molecule has 0 aliphatic carbocycles. The molecule has 0 fully saturated rings. The van der Waals surface area contributed by atoms with Crippen molar-refractivity contribution in [1.29, 1.82) is 0 Å². The highest BCUT2D eigenvalue weighted by molar-refractivity contribution is 6.30. The molecule has 1 unspecified atom stereocenters. The van der Waals surface area contributed by atoms with Crippen LogP contribution in [0.4, 0.5) is 0 Å². The lowest BCUT2D eigenvalue weighted by Crippen LogP contribution is -2.31. The van der Waals surface area contributed by atoms with Gasteiger partial charge < -0.3 is 14.4 Å². The van der Waals surface area contributed by atoms with Crippen LogP contribution in [0.5, 0.6) is 0 Å². The molecule has 2 aromatic carbocycles. The monoisotopic (exact) mass is 383 g/mol. The van der Waals surface area contributed by atoms with Crippen LogP contribution in [0.1, 0.15) is 39.7 Å². The van der Waals surface area contributed by atoms with Gasteiger partial charge in [0.05, 0.1) is 17.0 Å². The van der Waals surface area contributed by atoms with Crippen molar-refractivity contribution in [1.82, 2.24) is 4.90 Å². The molecule has 1 N–H and O–H groups in total. The van der Waals surface area contributed by atoms with Crippen LogP contribution in [-0.4, -0.2) is 29.1 Å². The Balaban J connectivity index is 1.99. The molecule has 2 heterocycles. The van der Waals surface area contributed by atoms with Crippen LogP contribution in [0.15, 0.2) is 51.7 Å². The van der Waals surface area contributed by atoms with Gasteiger partial charge >= 0.3 is 0 Å². The van der Waals surface area contributed by atoms with E-state index in [-0.39, 0.29) is 23.7 Å². The van der Waals surface area contributed by atoms with Gasteiger partial charge in [-0.05, 0) is 43.2 Å². The van der Waals surface area contributed by atoms with E-state index in [0.29, 0.717) is 34.5 Å². The molecular formula is C21H18ClNO4. The molecule has 4 rings (SSSR count). The first-order chi connectivity index (χ1) is 13.0. The van der Waals surface area contributed by atoms with E-state index in [2.05, 4.69) is 0 Å². The van der Waals surface area contributed by atoms with Crippen LogP contribution in [-0.2, 0) is 0 Å². The van der Waals surface area contributed by atoms with Crippen LogP contribution < -0.4 is 5.43 Å². The second kappa shape index (κ2) is 6.83. The molecule has 1 aliphatic heterocycles. The average Bonchev–Trinajstić information content (AvgIpc) is 2.93. The third-order valence-corrected chi connectivity index (χ3v) is 5.08. The molecule has 0 spiro atoms. The Morgan fingerprint density at radius 2 is 2.00 bits per heavy atom. The normalized spacial score (nSPS) is 16.2. The number of hydrogen-bond acceptors (Lipinski definition) is 4. The third kappa shape index (κ3) is 2.93. The Hall–Kier alpha value is -2.63. The molecule has 6 heteroatoms. The second-order valence-electron chi connectivity index (χ2n) is 6.71. The van der Waals surface area contributed by atoms with E-state index >= 15 is 0 Å². The molecule has 1 atom stereocenters. The lowest BCUT2D eigenvalue weighted by Gasteiger charge is -2.25. The number of rotatable bonds is 4. The number of halogens is 1. The van der Waals surface area contributed by atoms with E-state index < -0.39 is 6.04 Å². The summed E-state index contributed by atoms with van der Waals surface area (Å²) in [6.07, 6.45) is 0.406. The zero-order chi connectivity index (χ0) is 19.1. The van der Waals surface area contributed by atoms with Crippen LogP contribution in [0, 0.1) is 6.92 Å². The van der Waals surface area contributed by atoms with Crippen molar-refractivity contribution in [3.05, 3.63) is 80.2 Å². The van der Waals surface area contributed by atoms with Crippen LogP contribution in [0.3, 0.4) is 0 Å². The maximum Gasteiger partial charge on any atom is 0.290 e. The quantitative estimate of drug-likeness (QED) is 0.746. The molecule has 0 radical (unpaired) electrons. The standard InChI is InChI=1S/C21H18ClNO4/c1-12-6-7-16-15(10-12)19(25)17-18(13-4-2-5-14(22)11-13)23(8-3-9-24)21(26)20(17)27-16/h2,4-7,10-11,18,24H,3,8-9H2,1H3. The number of benzene rings is 2. The molecule has 27 heavy (non-hydrogen) atoms. The lowest BCUT2D eigenvalue weighted by atomic mass is 9.98. The van der Waals surface area contributed by atoms with Crippen molar-refractivity contribution in [2.24, 2.45) is 0 Å². The summed E-state index contributed by atoms with van der Waals surface area (Å²) in [5.74, 6) is -0.276. The summed E-state index contributed by atoms with van der Waals surface area (Å²) in [7, 11) is 0. The van der Waals surface area contributed by atoms with Gasteiger partial charge in [0.1, 0.15) is 5.58 Å². The summed E-state index contributed by atoms with van der Waals surface area (Å²) < 4.78 is 5.86. The number of hydrogen-bond donors (Lipinski definition) is 1. The molecular weight excluding hydrogens is 366 g/mol. The van der Waals surface area contributed by atoms with Crippen molar-refractivity contribution in [3.8, 4) is 0 Å². The highest BCUT2D eigenvalue weighted by Gasteiger charge is 2.42. The lowest BCUT2D eigenvalue weighted by molar-refractivity contribution is 0.0716. The first-order valence-corrected chi connectivity index (χ1v) is 9.13. The number of aliphatic hydroxyl groups is 1. The number of fused-ring (bicyclic) bond motifs is 2. The Morgan fingerprint density at radius 1 is 1.19 bits per heavy atom. The number of amides is 1. The van der Waals surface area contributed by atoms with Crippen molar-refractivity contribution in [2.45, 2.75) is 19.4 Å². The first kappa shape index (κ1) is 17.8. The summed E-state index contributed by atoms with van der Waals surface area (Å²) in [4.78, 5) is 27.9. The zero-order valence-corrected chi connectivity index (χ0v) is 15.5. The molecule has 0 saturated carbocycles. The molecule has 1 amide bonds. The van der Waals surface area contributed by atoms with Gasteiger partial charge in [0.15, 0.2) is 5.43 Å². The second-order valence-corrected chi connectivity index (χ2v) is 7.14. The van der Waals surface area contributed by atoms with Crippen molar-refractivity contribution >= 4 is 28.5 Å². The van der Waals surface area contributed by atoms with Crippen molar-refractivity contribution < 1.29 is 14.3 Å². The highest BCUT2D eigenvalue weighted by atomic mass is 35.5. The molecule has 0 saturated heterocycles. The zero-order valence-electron chi connectivity index (χ0n) is 14.7. The van der Waals surface area contributed by atoms with E-state index in [9.17, 15) is 14.7 Å². The molecule has 0 bridgehead atoms. The van der Waals surface area contributed by atoms with Gasteiger partial charge in [-0.1, -0.05) is 35.4 Å². The Bertz CT molecular complexity index is 1110. The van der Waals surface area contributed by atoms with E-state index in [1.807, 2.05) is 19.1 Å². The largest absolute Gasteiger partial charge is 0.450 e. The fourth-order valence-electron chi connectivity index (χ4n) is 3.63. The summed E-state index contributed by atoms with van der Waals surface area (Å²) in [6.45, 7) is 2.16. The highest BCUT2D eigenvalue weighted by Crippen LogP contribution is 2.38. The van der Waals surface area contributed by atoms with Gasteiger partial charge in [-0.25, -0.2) is 0 Å². The summed E-state index contributed by atoms with van der Waals surface area (Å²) in [5, 5.41) is 10.2. The van der Waals surface area contributed by atoms with E-state index in [4.69, 9.17) is 16.0 Å². The van der Waals surface area contributed by atoms with Crippen LogP contribution >= 0.6 is 11.6 Å². The average molecular weight is 384 g/mol. The van der Waals surface area contributed by atoms with Gasteiger partial charge in [-0.15, -0.1) is 0 Å². The van der Waals surface area contributed by atoms with Gasteiger partial charge in [0.25, 0.3) is 5.91 Å². The SMILES string of the molecule is Cc1ccc2oc3c(c(=O)c2c1)C(c1cccc(Cl)c1)N(CCCO)C3=O. The molecule has 5 nitrogen and oxygen atoms in total. The summed E-state index contributed by atoms with van der Waals surface area (Å²) in [6, 6.07) is 11.9. The number of nitrogens with zero attached hydrogens (tertiary/aromatic N) is 1. The molecule has 138 valence electrons. The third-order valence-electron chi connectivity index (χ3n) is 4.84. The maximum absolute atomic E-state index is 13.3. The Kier molecular flexibility index (Phi) is 4.50. The van der Waals surface area contributed by atoms with Gasteiger partial charge in [-0.3, -0.25) is 9.59 Å². The van der Waals surface area contributed by atoms with E-state index in [0.717, 1.165) is 11.1 Å². The summed E-state index contributed by atoms with van der Waals surface area (Å²) in [5.41, 5.74) is 2.20. The predicted octanol–water partition coefficient (Wildman–Crippen LogP) is 3.68. The van der Waals surface area contributed by atoms with Crippen LogP contribution in [0.2, 0.25) is 5.02 Å². The number of carbonyl (C=O) groups excluding carboxylic acids is 1. The number of aliphatic hydroxyl groups excluding tert-OH is 1. The van der Waals surface area contributed by atoms with Crippen molar-refractivity contribution in [2.75, 3.05) is 13.2 Å². The minimum atomic E-state index is -0.584. The van der Waals surface area contributed by atoms with E-state index in [1.165, 1.54) is 0 Å². The molecule has 1 aliphatic rings. The Labute approximate surface area is 160 Å². The molecule has 3 aromatic rings. The van der Waals surface area contributed by atoms with Gasteiger partial charge in [0.2, 0.25) is 5.76 Å².